The molecule has 3 nitrogen and oxygen atoms in total. The molecule has 112 valence electrons. The molecular formula is C20H16N2O. The summed E-state index contributed by atoms with van der Waals surface area (Å²) in [6, 6.07) is 17.0. The number of carbonyl (C=O) groups is 1. The van der Waals surface area contributed by atoms with Gasteiger partial charge in [0.1, 0.15) is 11.6 Å². The van der Waals surface area contributed by atoms with Gasteiger partial charge in [-0.3, -0.25) is 4.79 Å². The summed E-state index contributed by atoms with van der Waals surface area (Å²) in [5.41, 5.74) is 3.80. The first kappa shape index (κ1) is 14.8. The zero-order chi connectivity index (χ0) is 16.2. The number of aromatic amines is 1. The van der Waals surface area contributed by atoms with Crippen molar-refractivity contribution >= 4 is 22.8 Å². The normalized spacial score (nSPS) is 11.4. The summed E-state index contributed by atoms with van der Waals surface area (Å²) in [5.74, 6) is -0.255. The van der Waals surface area contributed by atoms with Crippen LogP contribution in [-0.4, -0.2) is 10.8 Å². The summed E-state index contributed by atoms with van der Waals surface area (Å²) < 4.78 is 0. The van der Waals surface area contributed by atoms with Crippen molar-refractivity contribution in [2.24, 2.45) is 0 Å². The zero-order valence-electron chi connectivity index (χ0n) is 12.8. The fourth-order valence-electron chi connectivity index (χ4n) is 2.70. The Morgan fingerprint density at radius 2 is 1.96 bits per heavy atom. The highest BCUT2D eigenvalue weighted by Gasteiger charge is 2.13. The van der Waals surface area contributed by atoms with Gasteiger partial charge in [0.05, 0.1) is 0 Å². The van der Waals surface area contributed by atoms with Crippen molar-refractivity contribution in [2.75, 3.05) is 0 Å². The molecule has 1 N–H and O–H groups in total. The highest BCUT2D eigenvalue weighted by Crippen LogP contribution is 2.24. The zero-order valence-corrected chi connectivity index (χ0v) is 12.8. The molecule has 0 saturated heterocycles. The highest BCUT2D eigenvalue weighted by atomic mass is 16.1. The van der Waals surface area contributed by atoms with E-state index in [4.69, 9.17) is 0 Å². The summed E-state index contributed by atoms with van der Waals surface area (Å²) >= 11 is 0. The molecule has 0 aliphatic carbocycles. The lowest BCUT2D eigenvalue weighted by atomic mass is 10.0. The quantitative estimate of drug-likeness (QED) is 0.437. The van der Waals surface area contributed by atoms with Gasteiger partial charge < -0.3 is 4.98 Å². The van der Waals surface area contributed by atoms with Crippen LogP contribution in [0.25, 0.3) is 17.0 Å². The molecule has 0 spiro atoms. The maximum absolute atomic E-state index is 12.5. The summed E-state index contributed by atoms with van der Waals surface area (Å²) in [6.07, 6.45) is 4.43. The molecule has 0 aliphatic heterocycles. The van der Waals surface area contributed by atoms with Crippen molar-refractivity contribution in [3.8, 4) is 6.07 Å². The lowest BCUT2D eigenvalue weighted by Crippen LogP contribution is -2.01. The number of allylic oxidation sites excluding steroid dienone is 1. The molecule has 0 aliphatic rings. The van der Waals surface area contributed by atoms with E-state index in [0.29, 0.717) is 5.56 Å². The number of nitrogens with zero attached hydrogens (tertiary/aromatic N) is 1. The number of Topliss-reactive ketones (excluding diaryl/α,β-unsaturated/α-hetero) is 1. The number of rotatable bonds is 4. The number of nitriles is 1. The third-order valence-corrected chi connectivity index (χ3v) is 3.92. The molecule has 0 unspecified atom stereocenters. The number of fused-ring (bicyclic) bond motifs is 1. The number of ketones is 1. The number of hydrogen-bond donors (Lipinski definition) is 1. The number of aromatic nitrogens is 1. The van der Waals surface area contributed by atoms with E-state index in [0.717, 1.165) is 22.9 Å². The summed E-state index contributed by atoms with van der Waals surface area (Å²) in [4.78, 5) is 15.7. The van der Waals surface area contributed by atoms with E-state index < -0.39 is 0 Å². The van der Waals surface area contributed by atoms with Gasteiger partial charge in [-0.2, -0.15) is 5.26 Å². The van der Waals surface area contributed by atoms with Gasteiger partial charge in [-0.15, -0.1) is 0 Å². The number of hydrogen-bond acceptors (Lipinski definition) is 2. The molecule has 0 amide bonds. The maximum atomic E-state index is 12.5. The van der Waals surface area contributed by atoms with Crippen LogP contribution in [0, 0.1) is 11.3 Å². The van der Waals surface area contributed by atoms with Crippen LogP contribution in [0.4, 0.5) is 0 Å². The Hall–Kier alpha value is -3.12. The SMILES string of the molecule is CCc1cccc2c(/C=C(\C#N)C(=O)c3ccccc3)c[nH]c12. The van der Waals surface area contributed by atoms with E-state index in [-0.39, 0.29) is 11.4 Å². The average Bonchev–Trinajstić information content (AvgIpc) is 3.02. The molecule has 0 radical (unpaired) electrons. The molecule has 2 aromatic carbocycles. The number of para-hydroxylation sites is 1. The van der Waals surface area contributed by atoms with Gasteiger partial charge in [0.25, 0.3) is 0 Å². The Labute approximate surface area is 134 Å². The van der Waals surface area contributed by atoms with Crippen molar-refractivity contribution in [3.63, 3.8) is 0 Å². The van der Waals surface area contributed by atoms with Gasteiger partial charge >= 0.3 is 0 Å². The first-order valence-electron chi connectivity index (χ1n) is 7.55. The lowest BCUT2D eigenvalue weighted by molar-refractivity contribution is 0.104. The van der Waals surface area contributed by atoms with Crippen LogP contribution in [0.2, 0.25) is 0 Å². The molecule has 23 heavy (non-hydrogen) atoms. The minimum atomic E-state index is -0.255. The molecule has 3 rings (SSSR count). The van der Waals surface area contributed by atoms with Gasteiger partial charge in [-0.05, 0) is 18.1 Å². The number of benzene rings is 2. The Bertz CT molecular complexity index is 927. The van der Waals surface area contributed by atoms with E-state index in [1.807, 2.05) is 30.5 Å². The highest BCUT2D eigenvalue weighted by molar-refractivity contribution is 6.14. The molecule has 0 bridgehead atoms. The van der Waals surface area contributed by atoms with Crippen molar-refractivity contribution in [2.45, 2.75) is 13.3 Å². The molecule has 3 aromatic rings. The molecule has 1 heterocycles. The third-order valence-electron chi connectivity index (χ3n) is 3.92. The van der Waals surface area contributed by atoms with Crippen LogP contribution in [0.3, 0.4) is 0 Å². The summed E-state index contributed by atoms with van der Waals surface area (Å²) in [5, 5.41) is 10.4. The maximum Gasteiger partial charge on any atom is 0.203 e. The first-order valence-corrected chi connectivity index (χ1v) is 7.55. The second-order valence-electron chi connectivity index (χ2n) is 5.30. The number of nitrogens with one attached hydrogen (secondary N) is 1. The lowest BCUT2D eigenvalue weighted by Gasteiger charge is -2.00. The van der Waals surface area contributed by atoms with E-state index >= 15 is 0 Å². The minimum absolute atomic E-state index is 0.138. The van der Waals surface area contributed by atoms with Crippen LogP contribution in [0.1, 0.15) is 28.4 Å². The topological polar surface area (TPSA) is 56.6 Å². The number of H-pyrrole nitrogens is 1. The van der Waals surface area contributed by atoms with Gasteiger partial charge in [0, 0.05) is 28.2 Å². The smallest absolute Gasteiger partial charge is 0.203 e. The van der Waals surface area contributed by atoms with Gasteiger partial charge in [-0.1, -0.05) is 55.5 Å². The monoisotopic (exact) mass is 300 g/mol. The second-order valence-corrected chi connectivity index (χ2v) is 5.30. The third kappa shape index (κ3) is 2.79. The predicted molar refractivity (Wildman–Crippen MR) is 92.0 cm³/mol. The molecule has 0 fully saturated rings. The fourth-order valence-corrected chi connectivity index (χ4v) is 2.70. The molecular weight excluding hydrogens is 284 g/mol. The fraction of sp³-hybridized carbons (Fsp3) is 0.100. The van der Waals surface area contributed by atoms with Crippen LogP contribution in [0.15, 0.2) is 60.3 Å². The second kappa shape index (κ2) is 6.33. The Morgan fingerprint density at radius 3 is 2.65 bits per heavy atom. The van der Waals surface area contributed by atoms with Crippen LogP contribution < -0.4 is 0 Å². The summed E-state index contributed by atoms with van der Waals surface area (Å²) in [7, 11) is 0. The molecule has 0 saturated carbocycles. The predicted octanol–water partition coefficient (Wildman–Crippen LogP) is 4.52. The van der Waals surface area contributed by atoms with Crippen molar-refractivity contribution in [1.82, 2.24) is 4.98 Å². The number of carbonyl (C=O) groups excluding carboxylic acids is 1. The molecule has 1 aromatic heterocycles. The van der Waals surface area contributed by atoms with Gasteiger partial charge in [-0.25, -0.2) is 0 Å². The van der Waals surface area contributed by atoms with Crippen molar-refractivity contribution in [1.29, 1.82) is 5.26 Å². The summed E-state index contributed by atoms with van der Waals surface area (Å²) in [6.45, 7) is 2.10. The number of aryl methyl sites for hydroxylation is 1. The largest absolute Gasteiger partial charge is 0.360 e. The molecule has 0 atom stereocenters. The minimum Gasteiger partial charge on any atom is -0.360 e. The Morgan fingerprint density at radius 1 is 1.17 bits per heavy atom. The van der Waals surface area contributed by atoms with E-state index in [1.165, 1.54) is 5.56 Å². The van der Waals surface area contributed by atoms with Crippen molar-refractivity contribution in [3.05, 3.63) is 77.0 Å². The standard InChI is InChI=1S/C20H16N2O/c1-2-14-9-6-10-18-17(13-22-19(14)18)11-16(12-21)20(23)15-7-4-3-5-8-15/h3-11,13,22H,2H2,1H3/b16-11+. The van der Waals surface area contributed by atoms with Crippen molar-refractivity contribution < 1.29 is 4.79 Å². The van der Waals surface area contributed by atoms with Crippen LogP contribution >= 0.6 is 0 Å². The Kier molecular flexibility index (Phi) is 4.07. The van der Waals surface area contributed by atoms with Crippen LogP contribution in [0.5, 0.6) is 0 Å². The van der Waals surface area contributed by atoms with E-state index in [2.05, 4.69) is 18.0 Å². The van der Waals surface area contributed by atoms with E-state index in [1.54, 1.807) is 30.3 Å². The van der Waals surface area contributed by atoms with Gasteiger partial charge in [0.15, 0.2) is 0 Å². The van der Waals surface area contributed by atoms with Gasteiger partial charge in [0.2, 0.25) is 5.78 Å². The average molecular weight is 300 g/mol. The van der Waals surface area contributed by atoms with Crippen LogP contribution in [-0.2, 0) is 6.42 Å². The van der Waals surface area contributed by atoms with E-state index in [9.17, 15) is 10.1 Å². The first-order chi connectivity index (χ1) is 11.2. The Balaban J connectivity index is 2.06. The molecule has 3 heteroatoms.